The van der Waals surface area contributed by atoms with Crippen LogP contribution in [-0.2, 0) is 4.79 Å². The van der Waals surface area contributed by atoms with Gasteiger partial charge in [0.05, 0.1) is 0 Å². The van der Waals surface area contributed by atoms with Crippen molar-refractivity contribution < 1.29 is 9.18 Å². The minimum atomic E-state index is -0.253. The van der Waals surface area contributed by atoms with Crippen molar-refractivity contribution in [2.45, 2.75) is 6.92 Å². The minimum Gasteiger partial charge on any atom is -0.312 e. The highest BCUT2D eigenvalue weighted by atomic mass is 19.1. The Kier molecular flexibility index (Phi) is 3.99. The maximum Gasteiger partial charge on any atom is 0.253 e. The van der Waals surface area contributed by atoms with Crippen molar-refractivity contribution in [1.82, 2.24) is 0 Å². The third-order valence-electron chi connectivity index (χ3n) is 3.10. The van der Waals surface area contributed by atoms with Crippen LogP contribution in [0.25, 0.3) is 11.1 Å². The van der Waals surface area contributed by atoms with Gasteiger partial charge in [-0.1, -0.05) is 30.8 Å². The average molecular weight is 269 g/mol. The fourth-order valence-electron chi connectivity index (χ4n) is 1.92. The predicted octanol–water partition coefficient (Wildman–Crippen LogP) is 4.03. The first-order valence-corrected chi connectivity index (χ1v) is 6.28. The first-order valence-electron chi connectivity index (χ1n) is 6.28. The molecule has 2 rings (SSSR count). The van der Waals surface area contributed by atoms with Gasteiger partial charge in [-0.25, -0.2) is 4.39 Å². The summed E-state index contributed by atoms with van der Waals surface area (Å²) in [7, 11) is 1.71. The molecule has 0 unspecified atom stereocenters. The summed E-state index contributed by atoms with van der Waals surface area (Å²) >= 11 is 0. The van der Waals surface area contributed by atoms with Crippen LogP contribution in [0.3, 0.4) is 0 Å². The third kappa shape index (κ3) is 2.94. The Labute approximate surface area is 118 Å². The summed E-state index contributed by atoms with van der Waals surface area (Å²) in [6.07, 6.45) is 0. The maximum absolute atomic E-state index is 12.9. The minimum absolute atomic E-state index is 0.112. The summed E-state index contributed by atoms with van der Waals surface area (Å²) in [4.78, 5) is 13.4. The molecule has 0 saturated heterocycles. The van der Waals surface area contributed by atoms with Crippen molar-refractivity contribution >= 4 is 11.6 Å². The van der Waals surface area contributed by atoms with Crippen molar-refractivity contribution in [2.24, 2.45) is 0 Å². The normalized spacial score (nSPS) is 10.2. The van der Waals surface area contributed by atoms with E-state index >= 15 is 0 Å². The summed E-state index contributed by atoms with van der Waals surface area (Å²) in [6.45, 7) is 5.33. The van der Waals surface area contributed by atoms with Crippen LogP contribution in [0.4, 0.5) is 10.1 Å². The largest absolute Gasteiger partial charge is 0.312 e. The first-order chi connectivity index (χ1) is 9.49. The van der Waals surface area contributed by atoms with Crippen LogP contribution in [0.15, 0.2) is 60.7 Å². The van der Waals surface area contributed by atoms with E-state index in [1.807, 2.05) is 24.3 Å². The number of hydrogen-bond donors (Lipinski definition) is 0. The second-order valence-corrected chi connectivity index (χ2v) is 4.70. The van der Waals surface area contributed by atoms with E-state index in [1.54, 1.807) is 31.0 Å². The zero-order valence-corrected chi connectivity index (χ0v) is 11.6. The number of hydrogen-bond acceptors (Lipinski definition) is 1. The topological polar surface area (TPSA) is 20.3 Å². The summed E-state index contributed by atoms with van der Waals surface area (Å²) < 4.78 is 12.9. The Morgan fingerprint density at radius 2 is 1.45 bits per heavy atom. The number of halogens is 1. The maximum atomic E-state index is 12.9. The smallest absolute Gasteiger partial charge is 0.253 e. The fourth-order valence-corrected chi connectivity index (χ4v) is 1.92. The molecule has 0 aliphatic rings. The molecule has 0 aliphatic heterocycles. The zero-order chi connectivity index (χ0) is 14.7. The van der Waals surface area contributed by atoms with Crippen molar-refractivity contribution in [3.63, 3.8) is 0 Å². The number of benzene rings is 2. The van der Waals surface area contributed by atoms with Crippen LogP contribution < -0.4 is 4.90 Å². The molecule has 0 atom stereocenters. The number of anilines is 1. The Balaban J connectivity index is 2.24. The van der Waals surface area contributed by atoms with Crippen LogP contribution in [-0.4, -0.2) is 13.0 Å². The molecule has 0 heterocycles. The second-order valence-electron chi connectivity index (χ2n) is 4.70. The van der Waals surface area contributed by atoms with Gasteiger partial charge in [0.2, 0.25) is 0 Å². The van der Waals surface area contributed by atoms with E-state index in [2.05, 4.69) is 6.58 Å². The summed E-state index contributed by atoms with van der Waals surface area (Å²) in [5, 5.41) is 0. The Hall–Kier alpha value is -2.42. The number of rotatable bonds is 3. The molecule has 0 aliphatic carbocycles. The van der Waals surface area contributed by atoms with E-state index in [4.69, 9.17) is 0 Å². The molecule has 0 aromatic heterocycles. The van der Waals surface area contributed by atoms with Gasteiger partial charge in [0.25, 0.3) is 5.91 Å². The van der Waals surface area contributed by atoms with Crippen LogP contribution in [0.5, 0.6) is 0 Å². The van der Waals surface area contributed by atoms with E-state index in [9.17, 15) is 9.18 Å². The Morgan fingerprint density at radius 3 is 1.90 bits per heavy atom. The van der Waals surface area contributed by atoms with Gasteiger partial charge >= 0.3 is 0 Å². The van der Waals surface area contributed by atoms with Crippen LogP contribution in [0.1, 0.15) is 6.92 Å². The molecule has 2 aromatic rings. The molecule has 2 nitrogen and oxygen atoms in total. The van der Waals surface area contributed by atoms with Gasteiger partial charge < -0.3 is 4.90 Å². The van der Waals surface area contributed by atoms with Crippen molar-refractivity contribution in [3.8, 4) is 11.1 Å². The highest BCUT2D eigenvalue weighted by Crippen LogP contribution is 2.23. The van der Waals surface area contributed by atoms with Crippen molar-refractivity contribution in [3.05, 3.63) is 66.5 Å². The fraction of sp³-hybridized carbons (Fsp3) is 0.118. The molecule has 102 valence electrons. The van der Waals surface area contributed by atoms with Gasteiger partial charge in [-0.2, -0.15) is 0 Å². The molecule has 0 saturated carbocycles. The van der Waals surface area contributed by atoms with E-state index in [0.29, 0.717) is 5.57 Å². The lowest BCUT2D eigenvalue weighted by molar-refractivity contribution is -0.114. The van der Waals surface area contributed by atoms with E-state index in [1.165, 1.54) is 12.1 Å². The molecular weight excluding hydrogens is 253 g/mol. The highest BCUT2D eigenvalue weighted by Gasteiger charge is 2.11. The molecule has 0 radical (unpaired) electrons. The summed E-state index contributed by atoms with van der Waals surface area (Å²) in [6, 6.07) is 13.9. The van der Waals surface area contributed by atoms with E-state index in [0.717, 1.165) is 16.8 Å². The lowest BCUT2D eigenvalue weighted by Crippen LogP contribution is -2.26. The van der Waals surface area contributed by atoms with Crippen LogP contribution in [0, 0.1) is 5.82 Å². The molecule has 0 fully saturated rings. The van der Waals surface area contributed by atoms with Gasteiger partial charge in [-0.05, 0) is 42.3 Å². The lowest BCUT2D eigenvalue weighted by atomic mass is 10.1. The standard InChI is InChI=1S/C17H16FNO/c1-12(2)17(20)19(3)16-10-6-14(7-11-16)13-4-8-15(18)9-5-13/h4-11H,1H2,2-3H3. The van der Waals surface area contributed by atoms with Gasteiger partial charge in [-0.3, -0.25) is 4.79 Å². The summed E-state index contributed by atoms with van der Waals surface area (Å²) in [5.41, 5.74) is 3.20. The third-order valence-corrected chi connectivity index (χ3v) is 3.10. The van der Waals surface area contributed by atoms with Gasteiger partial charge in [0, 0.05) is 18.3 Å². The molecule has 0 bridgehead atoms. The Morgan fingerprint density at radius 1 is 1.00 bits per heavy atom. The molecule has 0 N–H and O–H groups in total. The summed E-state index contributed by atoms with van der Waals surface area (Å²) in [5.74, 6) is -0.364. The van der Waals surface area contributed by atoms with Gasteiger partial charge in [-0.15, -0.1) is 0 Å². The quantitative estimate of drug-likeness (QED) is 0.770. The SMILES string of the molecule is C=C(C)C(=O)N(C)c1ccc(-c2ccc(F)cc2)cc1. The van der Waals surface area contributed by atoms with Gasteiger partial charge in [0.15, 0.2) is 0 Å². The van der Waals surface area contributed by atoms with Crippen LogP contribution >= 0.6 is 0 Å². The molecule has 20 heavy (non-hydrogen) atoms. The second kappa shape index (κ2) is 5.70. The van der Waals surface area contributed by atoms with E-state index < -0.39 is 0 Å². The number of carbonyl (C=O) groups is 1. The van der Waals surface area contributed by atoms with E-state index in [-0.39, 0.29) is 11.7 Å². The van der Waals surface area contributed by atoms with Crippen molar-refractivity contribution in [2.75, 3.05) is 11.9 Å². The average Bonchev–Trinajstić information content (AvgIpc) is 2.46. The number of amides is 1. The molecule has 0 spiro atoms. The lowest BCUT2D eigenvalue weighted by Gasteiger charge is -2.17. The molecule has 3 heteroatoms. The Bertz CT molecular complexity index is 629. The first kappa shape index (κ1) is 14.0. The molecule has 1 amide bonds. The highest BCUT2D eigenvalue weighted by molar-refractivity contribution is 6.04. The predicted molar refractivity (Wildman–Crippen MR) is 80.1 cm³/mol. The number of likely N-dealkylation sites (N-methyl/N-ethyl adjacent to an activating group) is 1. The van der Waals surface area contributed by atoms with Crippen LogP contribution in [0.2, 0.25) is 0 Å². The zero-order valence-electron chi connectivity index (χ0n) is 11.6. The van der Waals surface area contributed by atoms with Gasteiger partial charge in [0.1, 0.15) is 5.82 Å². The molecule has 2 aromatic carbocycles. The number of carbonyl (C=O) groups excluding carboxylic acids is 1. The molecular formula is C17H16FNO. The number of nitrogens with zero attached hydrogens (tertiary/aromatic N) is 1. The monoisotopic (exact) mass is 269 g/mol. The van der Waals surface area contributed by atoms with Crippen molar-refractivity contribution in [1.29, 1.82) is 0 Å².